The van der Waals surface area contributed by atoms with Crippen LogP contribution in [0.25, 0.3) is 0 Å². The van der Waals surface area contributed by atoms with E-state index < -0.39 is 0 Å². The van der Waals surface area contributed by atoms with Crippen molar-refractivity contribution in [1.82, 2.24) is 0 Å². The molecule has 0 atom stereocenters. The Morgan fingerprint density at radius 2 is 2.19 bits per heavy atom. The van der Waals surface area contributed by atoms with Crippen molar-refractivity contribution in [2.24, 2.45) is 5.41 Å². The summed E-state index contributed by atoms with van der Waals surface area (Å²) in [6.07, 6.45) is 4.72. The number of anilines is 1. The number of carbonyl (C=O) groups is 1. The van der Waals surface area contributed by atoms with Gasteiger partial charge in [-0.25, -0.2) is 0 Å². The van der Waals surface area contributed by atoms with E-state index >= 15 is 0 Å². The van der Waals surface area contributed by atoms with E-state index in [1.807, 2.05) is 6.07 Å². The summed E-state index contributed by atoms with van der Waals surface area (Å²) in [5, 5.41) is 2.10. The van der Waals surface area contributed by atoms with E-state index in [0.717, 1.165) is 24.3 Å². The highest BCUT2D eigenvalue weighted by atomic mass is 32.1. The normalized spacial score (nSPS) is 20.5. The molecule has 0 radical (unpaired) electrons. The molecule has 0 saturated carbocycles. The molecule has 2 heterocycles. The zero-order chi connectivity index (χ0) is 11.6. The number of aldehydes is 1. The first kappa shape index (κ1) is 11.6. The largest absolute Gasteiger partial charge is 0.371 e. The first-order valence-electron chi connectivity index (χ1n) is 5.89. The second-order valence-corrected chi connectivity index (χ2v) is 6.27. The van der Waals surface area contributed by atoms with Crippen LogP contribution in [-0.4, -0.2) is 19.4 Å². The summed E-state index contributed by atoms with van der Waals surface area (Å²) in [6, 6.07) is 2.01. The summed E-state index contributed by atoms with van der Waals surface area (Å²) >= 11 is 1.54. The summed E-state index contributed by atoms with van der Waals surface area (Å²) in [5.74, 6) is 0. The minimum atomic E-state index is 0.470. The first-order chi connectivity index (χ1) is 7.61. The average Bonchev–Trinajstić information content (AvgIpc) is 2.64. The van der Waals surface area contributed by atoms with Crippen molar-refractivity contribution in [1.29, 1.82) is 0 Å². The van der Waals surface area contributed by atoms with Gasteiger partial charge in [0.05, 0.1) is 4.88 Å². The molecule has 3 heteroatoms. The quantitative estimate of drug-likeness (QED) is 0.733. The third-order valence-corrected chi connectivity index (χ3v) is 4.27. The van der Waals surface area contributed by atoms with Crippen molar-refractivity contribution in [2.75, 3.05) is 18.0 Å². The molecule has 1 saturated heterocycles. The van der Waals surface area contributed by atoms with Gasteiger partial charge in [-0.15, -0.1) is 11.3 Å². The summed E-state index contributed by atoms with van der Waals surface area (Å²) in [4.78, 5) is 13.9. The maximum atomic E-state index is 10.7. The second kappa shape index (κ2) is 4.58. The topological polar surface area (TPSA) is 20.3 Å². The lowest BCUT2D eigenvalue weighted by molar-refractivity contribution is 0.112. The van der Waals surface area contributed by atoms with E-state index in [1.165, 1.54) is 24.9 Å². The molecule has 1 aromatic heterocycles. The van der Waals surface area contributed by atoms with Crippen molar-refractivity contribution in [2.45, 2.75) is 33.1 Å². The molecule has 1 aromatic rings. The van der Waals surface area contributed by atoms with Crippen LogP contribution in [0, 0.1) is 5.41 Å². The standard InChI is InChI=1S/C13H19NOS/c1-13(2)4-3-6-14(7-5-13)11-8-12(9-15)16-10-11/h8-10H,3-7H2,1-2H3. The van der Waals surface area contributed by atoms with Crippen LogP contribution >= 0.6 is 11.3 Å². The van der Waals surface area contributed by atoms with Gasteiger partial charge in [0.15, 0.2) is 6.29 Å². The highest BCUT2D eigenvalue weighted by molar-refractivity contribution is 7.12. The summed E-state index contributed by atoms with van der Waals surface area (Å²) < 4.78 is 0. The molecule has 1 fully saturated rings. The molecule has 0 N–H and O–H groups in total. The van der Waals surface area contributed by atoms with Gasteiger partial charge in [0.1, 0.15) is 0 Å². The number of rotatable bonds is 2. The van der Waals surface area contributed by atoms with Crippen molar-refractivity contribution in [3.8, 4) is 0 Å². The average molecular weight is 237 g/mol. The second-order valence-electron chi connectivity index (χ2n) is 5.33. The first-order valence-corrected chi connectivity index (χ1v) is 6.77. The molecule has 0 aromatic carbocycles. The molecule has 1 aliphatic rings. The lowest BCUT2D eigenvalue weighted by Gasteiger charge is -2.23. The third-order valence-electron chi connectivity index (χ3n) is 3.43. The van der Waals surface area contributed by atoms with Crippen molar-refractivity contribution >= 4 is 23.3 Å². The lowest BCUT2D eigenvalue weighted by Crippen LogP contribution is -2.24. The zero-order valence-electron chi connectivity index (χ0n) is 10.0. The van der Waals surface area contributed by atoms with Crippen LogP contribution in [0.1, 0.15) is 42.8 Å². The molecule has 0 spiro atoms. The molecule has 0 bridgehead atoms. The van der Waals surface area contributed by atoms with Gasteiger partial charge in [-0.05, 0) is 30.7 Å². The maximum absolute atomic E-state index is 10.7. The van der Waals surface area contributed by atoms with Gasteiger partial charge >= 0.3 is 0 Å². The maximum Gasteiger partial charge on any atom is 0.160 e. The molecular weight excluding hydrogens is 218 g/mol. The smallest absolute Gasteiger partial charge is 0.160 e. The van der Waals surface area contributed by atoms with Crippen molar-refractivity contribution in [3.63, 3.8) is 0 Å². The Labute approximate surface area is 101 Å². The van der Waals surface area contributed by atoms with E-state index in [1.54, 1.807) is 11.3 Å². The Kier molecular flexibility index (Phi) is 3.33. The predicted molar refractivity (Wildman–Crippen MR) is 69.6 cm³/mol. The van der Waals surface area contributed by atoms with E-state index in [4.69, 9.17) is 0 Å². The Bertz CT molecular complexity index is 370. The van der Waals surface area contributed by atoms with Crippen LogP contribution in [0.3, 0.4) is 0 Å². The molecule has 16 heavy (non-hydrogen) atoms. The van der Waals surface area contributed by atoms with Crippen LogP contribution in [0.4, 0.5) is 5.69 Å². The van der Waals surface area contributed by atoms with E-state index in [-0.39, 0.29) is 0 Å². The highest BCUT2D eigenvalue weighted by Gasteiger charge is 2.23. The van der Waals surface area contributed by atoms with Crippen LogP contribution in [0.5, 0.6) is 0 Å². The van der Waals surface area contributed by atoms with E-state index in [9.17, 15) is 4.79 Å². The third kappa shape index (κ3) is 2.64. The minimum absolute atomic E-state index is 0.470. The number of hydrogen-bond acceptors (Lipinski definition) is 3. The van der Waals surface area contributed by atoms with Gasteiger partial charge in [0.25, 0.3) is 0 Å². The van der Waals surface area contributed by atoms with Gasteiger partial charge in [0, 0.05) is 24.2 Å². The monoisotopic (exact) mass is 237 g/mol. The Morgan fingerprint density at radius 3 is 2.88 bits per heavy atom. The minimum Gasteiger partial charge on any atom is -0.371 e. The molecule has 0 aliphatic carbocycles. The summed E-state index contributed by atoms with van der Waals surface area (Å²) in [6.45, 7) is 6.93. The molecule has 2 rings (SSSR count). The van der Waals surface area contributed by atoms with Crippen LogP contribution < -0.4 is 4.90 Å². The number of carbonyl (C=O) groups excluding carboxylic acids is 1. The Balaban J connectivity index is 2.07. The fraction of sp³-hybridized carbons (Fsp3) is 0.615. The molecule has 0 amide bonds. The zero-order valence-corrected chi connectivity index (χ0v) is 10.8. The van der Waals surface area contributed by atoms with E-state index in [2.05, 4.69) is 24.1 Å². The van der Waals surface area contributed by atoms with E-state index in [0.29, 0.717) is 5.41 Å². The summed E-state index contributed by atoms with van der Waals surface area (Å²) in [5.41, 5.74) is 1.70. The fourth-order valence-electron chi connectivity index (χ4n) is 2.25. The van der Waals surface area contributed by atoms with Crippen molar-refractivity contribution < 1.29 is 4.79 Å². The molecule has 1 aliphatic heterocycles. The number of thiophene rings is 1. The molecular formula is C13H19NOS. The highest BCUT2D eigenvalue weighted by Crippen LogP contribution is 2.32. The number of nitrogens with zero attached hydrogens (tertiary/aromatic N) is 1. The van der Waals surface area contributed by atoms with Crippen LogP contribution in [0.2, 0.25) is 0 Å². The fourth-order valence-corrected chi connectivity index (χ4v) is 2.97. The van der Waals surface area contributed by atoms with Gasteiger partial charge in [0.2, 0.25) is 0 Å². The Morgan fingerprint density at radius 1 is 1.38 bits per heavy atom. The van der Waals surface area contributed by atoms with Crippen molar-refractivity contribution in [3.05, 3.63) is 16.3 Å². The van der Waals surface area contributed by atoms with Crippen LogP contribution in [-0.2, 0) is 0 Å². The van der Waals surface area contributed by atoms with Gasteiger partial charge in [-0.3, -0.25) is 4.79 Å². The van der Waals surface area contributed by atoms with Crippen LogP contribution in [0.15, 0.2) is 11.4 Å². The molecule has 0 unspecified atom stereocenters. The SMILES string of the molecule is CC1(C)CCCN(c2csc(C=O)c2)CC1. The lowest BCUT2D eigenvalue weighted by atomic mass is 9.85. The molecule has 88 valence electrons. The van der Waals surface area contributed by atoms with Gasteiger partial charge in [-0.2, -0.15) is 0 Å². The van der Waals surface area contributed by atoms with Gasteiger partial charge < -0.3 is 4.90 Å². The van der Waals surface area contributed by atoms with Gasteiger partial charge in [-0.1, -0.05) is 13.8 Å². The molecule has 2 nitrogen and oxygen atoms in total. The predicted octanol–water partition coefficient (Wildman–Crippen LogP) is 3.58. The number of hydrogen-bond donors (Lipinski definition) is 0. The summed E-state index contributed by atoms with van der Waals surface area (Å²) in [7, 11) is 0. The Hall–Kier alpha value is -0.830.